The highest BCUT2D eigenvalue weighted by atomic mass is 35.5. The van der Waals surface area contributed by atoms with Crippen LogP contribution in [0.4, 0.5) is 0 Å². The van der Waals surface area contributed by atoms with E-state index in [-0.39, 0.29) is 12.4 Å². The van der Waals surface area contributed by atoms with Crippen LogP contribution in [0.15, 0.2) is 24.5 Å². The molecule has 110 valence electrons. The van der Waals surface area contributed by atoms with Crippen LogP contribution in [0.1, 0.15) is 18.5 Å². The number of likely N-dealkylation sites (N-methyl/N-ethyl adjacent to an activating group) is 1. The molecule has 3 heterocycles. The first kappa shape index (κ1) is 15.6. The Hall–Kier alpha value is -0.810. The van der Waals surface area contributed by atoms with Crippen molar-refractivity contribution >= 4 is 29.7 Å². The largest absolute Gasteiger partial charge is 0.316 e. The molecule has 20 heavy (non-hydrogen) atoms. The van der Waals surface area contributed by atoms with Gasteiger partial charge in [0.15, 0.2) is 0 Å². The van der Waals surface area contributed by atoms with E-state index < -0.39 is 0 Å². The summed E-state index contributed by atoms with van der Waals surface area (Å²) in [5, 5.41) is 4.11. The number of pyridine rings is 1. The molecule has 1 unspecified atom stereocenters. The Morgan fingerprint density at radius 2 is 2.25 bits per heavy atom. The van der Waals surface area contributed by atoms with Crippen LogP contribution in [-0.2, 0) is 6.54 Å². The number of nitrogens with zero attached hydrogens (tertiary/aromatic N) is 3. The molecule has 0 bridgehead atoms. The maximum absolute atomic E-state index is 5.99. The van der Waals surface area contributed by atoms with E-state index in [2.05, 4.69) is 21.4 Å². The average Bonchev–Trinajstić information content (AvgIpc) is 2.80. The molecular formula is C14H20Cl2N4. The number of fused-ring (bicyclic) bond motifs is 1. The minimum Gasteiger partial charge on any atom is -0.316 e. The van der Waals surface area contributed by atoms with Crippen molar-refractivity contribution < 1.29 is 0 Å². The summed E-state index contributed by atoms with van der Waals surface area (Å²) in [6, 6.07) is 4.45. The van der Waals surface area contributed by atoms with Gasteiger partial charge in [-0.2, -0.15) is 0 Å². The predicted octanol–water partition coefficient (Wildman–Crippen LogP) is 2.59. The zero-order chi connectivity index (χ0) is 13.2. The summed E-state index contributed by atoms with van der Waals surface area (Å²) in [6.45, 7) is 3.18. The fourth-order valence-corrected chi connectivity index (χ4v) is 2.93. The first-order valence-electron chi connectivity index (χ1n) is 6.77. The van der Waals surface area contributed by atoms with Crippen LogP contribution in [0.2, 0.25) is 5.02 Å². The van der Waals surface area contributed by atoms with Crippen molar-refractivity contribution in [2.45, 2.75) is 25.4 Å². The molecule has 1 aliphatic rings. The maximum atomic E-state index is 5.99. The van der Waals surface area contributed by atoms with Gasteiger partial charge in [-0.15, -0.1) is 12.4 Å². The van der Waals surface area contributed by atoms with Gasteiger partial charge >= 0.3 is 0 Å². The SMILES string of the molecule is CNC1CCCN(Cc2cn3cc(Cl)ccc3n2)C1.Cl. The van der Waals surface area contributed by atoms with E-state index in [1.54, 1.807) is 0 Å². The van der Waals surface area contributed by atoms with Gasteiger partial charge in [-0.05, 0) is 38.6 Å². The molecule has 1 saturated heterocycles. The first-order valence-corrected chi connectivity index (χ1v) is 7.15. The smallest absolute Gasteiger partial charge is 0.137 e. The molecular weight excluding hydrogens is 295 g/mol. The van der Waals surface area contributed by atoms with Crippen molar-refractivity contribution in [3.8, 4) is 0 Å². The van der Waals surface area contributed by atoms with Crippen LogP contribution in [0.5, 0.6) is 0 Å². The lowest BCUT2D eigenvalue weighted by atomic mass is 10.1. The van der Waals surface area contributed by atoms with Crippen LogP contribution >= 0.6 is 24.0 Å². The van der Waals surface area contributed by atoms with Crippen molar-refractivity contribution in [1.82, 2.24) is 19.6 Å². The average molecular weight is 315 g/mol. The van der Waals surface area contributed by atoms with E-state index in [1.165, 1.54) is 12.8 Å². The standard InChI is InChI=1S/C14H19ClN4.ClH/c1-16-12-3-2-6-18(8-12)9-13-10-19-7-11(15)4-5-14(19)17-13;/h4-5,7,10,12,16H,2-3,6,8-9H2,1H3;1H. The van der Waals surface area contributed by atoms with Crippen LogP contribution in [-0.4, -0.2) is 40.5 Å². The Morgan fingerprint density at radius 3 is 3.05 bits per heavy atom. The summed E-state index contributed by atoms with van der Waals surface area (Å²) < 4.78 is 2.00. The monoisotopic (exact) mass is 314 g/mol. The van der Waals surface area contributed by atoms with Crippen molar-refractivity contribution in [2.24, 2.45) is 0 Å². The Bertz CT molecular complexity index is 569. The number of halogens is 2. The van der Waals surface area contributed by atoms with Gasteiger partial charge in [0.1, 0.15) is 5.65 Å². The van der Waals surface area contributed by atoms with Crippen molar-refractivity contribution in [1.29, 1.82) is 0 Å². The number of aromatic nitrogens is 2. The van der Waals surface area contributed by atoms with Gasteiger partial charge < -0.3 is 9.72 Å². The number of hydrogen-bond donors (Lipinski definition) is 1. The van der Waals surface area contributed by atoms with Gasteiger partial charge in [0.2, 0.25) is 0 Å². The molecule has 0 saturated carbocycles. The number of likely N-dealkylation sites (tertiary alicyclic amines) is 1. The summed E-state index contributed by atoms with van der Waals surface area (Å²) in [5.74, 6) is 0. The van der Waals surface area contributed by atoms with Crippen molar-refractivity contribution in [2.75, 3.05) is 20.1 Å². The van der Waals surface area contributed by atoms with Gasteiger partial charge in [0.25, 0.3) is 0 Å². The Balaban J connectivity index is 0.00000147. The Kier molecular flexibility index (Phi) is 5.27. The lowest BCUT2D eigenvalue weighted by molar-refractivity contribution is 0.186. The second-order valence-corrected chi connectivity index (χ2v) is 5.64. The third kappa shape index (κ3) is 3.44. The van der Waals surface area contributed by atoms with Crippen LogP contribution in [0, 0.1) is 0 Å². The molecule has 6 heteroatoms. The summed E-state index contributed by atoms with van der Waals surface area (Å²) in [7, 11) is 2.04. The van der Waals surface area contributed by atoms with Crippen LogP contribution in [0.25, 0.3) is 5.65 Å². The summed E-state index contributed by atoms with van der Waals surface area (Å²) in [6.07, 6.45) is 6.50. The van der Waals surface area contributed by atoms with E-state index in [9.17, 15) is 0 Å². The number of piperidine rings is 1. The molecule has 0 spiro atoms. The molecule has 0 aliphatic carbocycles. The maximum Gasteiger partial charge on any atom is 0.137 e. The third-order valence-corrected chi connectivity index (χ3v) is 3.99. The summed E-state index contributed by atoms with van der Waals surface area (Å²) in [4.78, 5) is 7.11. The number of rotatable bonds is 3. The van der Waals surface area contributed by atoms with Crippen LogP contribution in [0.3, 0.4) is 0 Å². The van der Waals surface area contributed by atoms with E-state index >= 15 is 0 Å². The Morgan fingerprint density at radius 1 is 1.40 bits per heavy atom. The molecule has 3 rings (SSSR count). The molecule has 1 N–H and O–H groups in total. The minimum atomic E-state index is 0. The van der Waals surface area contributed by atoms with E-state index in [0.29, 0.717) is 6.04 Å². The molecule has 0 aromatic carbocycles. The van der Waals surface area contributed by atoms with Crippen molar-refractivity contribution in [3.63, 3.8) is 0 Å². The lowest BCUT2D eigenvalue weighted by Crippen LogP contribution is -2.43. The molecule has 4 nitrogen and oxygen atoms in total. The van der Waals surface area contributed by atoms with E-state index in [1.807, 2.05) is 29.8 Å². The molecule has 0 amide bonds. The lowest BCUT2D eigenvalue weighted by Gasteiger charge is -2.31. The molecule has 2 aromatic rings. The molecule has 1 fully saturated rings. The minimum absolute atomic E-state index is 0. The van der Waals surface area contributed by atoms with Gasteiger partial charge in [-0.1, -0.05) is 11.6 Å². The highest BCUT2D eigenvalue weighted by Crippen LogP contribution is 2.15. The number of nitrogens with one attached hydrogen (secondary N) is 1. The molecule has 0 radical (unpaired) electrons. The number of hydrogen-bond acceptors (Lipinski definition) is 3. The third-order valence-electron chi connectivity index (χ3n) is 3.76. The molecule has 1 aliphatic heterocycles. The van der Waals surface area contributed by atoms with E-state index in [4.69, 9.17) is 11.6 Å². The first-order chi connectivity index (χ1) is 9.24. The summed E-state index contributed by atoms with van der Waals surface area (Å²) in [5.41, 5.74) is 2.07. The fraction of sp³-hybridized carbons (Fsp3) is 0.500. The summed E-state index contributed by atoms with van der Waals surface area (Å²) >= 11 is 5.99. The zero-order valence-corrected chi connectivity index (χ0v) is 13.1. The zero-order valence-electron chi connectivity index (χ0n) is 11.6. The van der Waals surface area contributed by atoms with Gasteiger partial charge in [-0.25, -0.2) is 4.98 Å². The topological polar surface area (TPSA) is 32.6 Å². The van der Waals surface area contributed by atoms with Gasteiger partial charge in [0, 0.05) is 31.5 Å². The second kappa shape index (κ2) is 6.76. The Labute approximate surface area is 130 Å². The fourth-order valence-electron chi connectivity index (χ4n) is 2.76. The highest BCUT2D eigenvalue weighted by molar-refractivity contribution is 6.30. The van der Waals surface area contributed by atoms with Gasteiger partial charge in [0.05, 0.1) is 10.7 Å². The quantitative estimate of drug-likeness (QED) is 0.945. The molecule has 2 aromatic heterocycles. The predicted molar refractivity (Wildman–Crippen MR) is 84.8 cm³/mol. The van der Waals surface area contributed by atoms with Gasteiger partial charge in [-0.3, -0.25) is 4.90 Å². The second-order valence-electron chi connectivity index (χ2n) is 5.21. The van der Waals surface area contributed by atoms with Crippen LogP contribution < -0.4 is 5.32 Å². The molecule has 1 atom stereocenters. The van der Waals surface area contributed by atoms with E-state index in [0.717, 1.165) is 36.0 Å². The highest BCUT2D eigenvalue weighted by Gasteiger charge is 2.19. The van der Waals surface area contributed by atoms with Crippen molar-refractivity contribution in [3.05, 3.63) is 35.2 Å². The normalized spacial score (nSPS) is 20.0. The number of imidazole rings is 1.